The monoisotopic (exact) mass is 297 g/mol. The highest BCUT2D eigenvalue weighted by atomic mass is 15.3. The highest BCUT2D eigenvalue weighted by Gasteiger charge is 2.14. The lowest BCUT2D eigenvalue weighted by Gasteiger charge is -2.22. The van der Waals surface area contributed by atoms with Crippen LogP contribution in [0.15, 0.2) is 24.4 Å². The number of benzene rings is 1. The molecule has 1 aromatic carbocycles. The van der Waals surface area contributed by atoms with Crippen LogP contribution in [0.1, 0.15) is 43.2 Å². The van der Waals surface area contributed by atoms with Crippen molar-refractivity contribution in [1.82, 2.24) is 15.2 Å². The lowest BCUT2D eigenvalue weighted by atomic mass is 9.96. The number of anilines is 3. The Kier molecular flexibility index (Phi) is 4.51. The number of hydrogen-bond donors (Lipinski definition) is 2. The quantitative estimate of drug-likeness (QED) is 0.894. The molecule has 0 spiro atoms. The van der Waals surface area contributed by atoms with Crippen LogP contribution in [0.25, 0.3) is 0 Å². The summed E-state index contributed by atoms with van der Waals surface area (Å²) in [6.07, 6.45) is 7.95. The first-order valence-electron chi connectivity index (χ1n) is 8.01. The van der Waals surface area contributed by atoms with Crippen LogP contribution in [-0.4, -0.2) is 21.2 Å². The Labute approximate surface area is 131 Å². The van der Waals surface area contributed by atoms with Gasteiger partial charge in [-0.3, -0.25) is 0 Å². The molecule has 1 saturated carbocycles. The smallest absolute Gasteiger partial charge is 0.244 e. The number of nitrogens with zero attached hydrogens (tertiary/aromatic N) is 3. The van der Waals surface area contributed by atoms with Gasteiger partial charge in [0.2, 0.25) is 5.95 Å². The van der Waals surface area contributed by atoms with Gasteiger partial charge in [-0.05, 0) is 49.9 Å². The molecule has 0 amide bonds. The van der Waals surface area contributed by atoms with Gasteiger partial charge in [0.25, 0.3) is 0 Å². The standard InChI is InChI=1S/C17H23N5/c1-12-8-9-15(10-13(12)2)19-16-11-18-22-17(21-16)20-14-6-4-3-5-7-14/h8-11,14H,3-7H2,1-2H3,(H2,19,20,21,22). The predicted molar refractivity (Wildman–Crippen MR) is 89.5 cm³/mol. The van der Waals surface area contributed by atoms with E-state index in [0.29, 0.717) is 12.0 Å². The molecule has 22 heavy (non-hydrogen) atoms. The summed E-state index contributed by atoms with van der Waals surface area (Å²) in [6, 6.07) is 6.75. The maximum absolute atomic E-state index is 4.52. The first-order valence-corrected chi connectivity index (χ1v) is 8.01. The zero-order chi connectivity index (χ0) is 15.4. The summed E-state index contributed by atoms with van der Waals surface area (Å²) in [5, 5.41) is 14.8. The first-order chi connectivity index (χ1) is 10.7. The Morgan fingerprint density at radius 3 is 2.64 bits per heavy atom. The van der Waals surface area contributed by atoms with Crippen LogP contribution in [0.3, 0.4) is 0 Å². The maximum Gasteiger partial charge on any atom is 0.244 e. The minimum Gasteiger partial charge on any atom is -0.350 e. The third-order valence-corrected chi connectivity index (χ3v) is 4.28. The molecule has 0 unspecified atom stereocenters. The summed E-state index contributed by atoms with van der Waals surface area (Å²) in [5.41, 5.74) is 3.56. The van der Waals surface area contributed by atoms with Gasteiger partial charge >= 0.3 is 0 Å². The molecule has 5 heteroatoms. The summed E-state index contributed by atoms with van der Waals surface area (Å²) >= 11 is 0. The second kappa shape index (κ2) is 6.73. The molecule has 5 nitrogen and oxygen atoms in total. The van der Waals surface area contributed by atoms with E-state index < -0.39 is 0 Å². The van der Waals surface area contributed by atoms with Crippen LogP contribution >= 0.6 is 0 Å². The fourth-order valence-corrected chi connectivity index (χ4v) is 2.82. The third kappa shape index (κ3) is 3.72. The lowest BCUT2D eigenvalue weighted by Crippen LogP contribution is -2.23. The van der Waals surface area contributed by atoms with Gasteiger partial charge in [-0.15, -0.1) is 5.10 Å². The van der Waals surface area contributed by atoms with Crippen LogP contribution in [0.4, 0.5) is 17.5 Å². The van der Waals surface area contributed by atoms with Crippen LogP contribution in [0.5, 0.6) is 0 Å². The van der Waals surface area contributed by atoms with Gasteiger partial charge in [-0.2, -0.15) is 10.1 Å². The fourth-order valence-electron chi connectivity index (χ4n) is 2.82. The Hall–Kier alpha value is -2.17. The molecular formula is C17H23N5. The molecule has 1 fully saturated rings. The molecule has 0 atom stereocenters. The predicted octanol–water partition coefficient (Wildman–Crippen LogP) is 3.98. The molecule has 0 bridgehead atoms. The largest absolute Gasteiger partial charge is 0.350 e. The zero-order valence-electron chi connectivity index (χ0n) is 13.3. The summed E-state index contributed by atoms with van der Waals surface area (Å²) < 4.78 is 0. The zero-order valence-corrected chi connectivity index (χ0v) is 13.3. The van der Waals surface area contributed by atoms with Gasteiger partial charge in [0.15, 0.2) is 5.82 Å². The van der Waals surface area contributed by atoms with Gasteiger partial charge in [-0.1, -0.05) is 25.3 Å². The average molecular weight is 297 g/mol. The second-order valence-electron chi connectivity index (χ2n) is 6.07. The number of hydrogen-bond acceptors (Lipinski definition) is 5. The van der Waals surface area contributed by atoms with Crippen molar-refractivity contribution in [3.05, 3.63) is 35.5 Å². The molecule has 1 aromatic heterocycles. The SMILES string of the molecule is Cc1ccc(Nc2cnnc(NC3CCCCC3)n2)cc1C. The molecule has 1 heterocycles. The number of aryl methyl sites for hydroxylation is 2. The van der Waals surface area contributed by atoms with E-state index in [1.54, 1.807) is 6.20 Å². The highest BCUT2D eigenvalue weighted by Crippen LogP contribution is 2.21. The molecule has 116 valence electrons. The molecule has 3 rings (SSSR count). The minimum atomic E-state index is 0.479. The minimum absolute atomic E-state index is 0.479. The number of aromatic nitrogens is 3. The Morgan fingerprint density at radius 1 is 1.05 bits per heavy atom. The van der Waals surface area contributed by atoms with E-state index in [4.69, 9.17) is 0 Å². The maximum atomic E-state index is 4.52. The summed E-state index contributed by atoms with van der Waals surface area (Å²) in [5.74, 6) is 1.33. The van der Waals surface area contributed by atoms with Gasteiger partial charge in [-0.25, -0.2) is 0 Å². The van der Waals surface area contributed by atoms with Crippen molar-refractivity contribution in [2.75, 3.05) is 10.6 Å². The van der Waals surface area contributed by atoms with Crippen LogP contribution in [0, 0.1) is 13.8 Å². The second-order valence-corrected chi connectivity index (χ2v) is 6.07. The van der Waals surface area contributed by atoms with E-state index in [9.17, 15) is 0 Å². The van der Waals surface area contributed by atoms with Crippen LogP contribution in [0.2, 0.25) is 0 Å². The molecule has 0 aliphatic heterocycles. The Morgan fingerprint density at radius 2 is 1.86 bits per heavy atom. The molecule has 2 N–H and O–H groups in total. The van der Waals surface area contributed by atoms with E-state index in [-0.39, 0.29) is 0 Å². The van der Waals surface area contributed by atoms with E-state index in [0.717, 1.165) is 11.5 Å². The first kappa shape index (κ1) is 14.8. The summed E-state index contributed by atoms with van der Waals surface area (Å²) in [4.78, 5) is 4.52. The van der Waals surface area contributed by atoms with Crippen molar-refractivity contribution < 1.29 is 0 Å². The van der Waals surface area contributed by atoms with Crippen molar-refractivity contribution in [2.24, 2.45) is 0 Å². The average Bonchev–Trinajstić information content (AvgIpc) is 2.52. The number of rotatable bonds is 4. The van der Waals surface area contributed by atoms with E-state index >= 15 is 0 Å². The number of nitrogens with one attached hydrogen (secondary N) is 2. The van der Waals surface area contributed by atoms with Crippen LogP contribution in [-0.2, 0) is 0 Å². The van der Waals surface area contributed by atoms with E-state index in [1.807, 2.05) is 0 Å². The molecule has 2 aromatic rings. The van der Waals surface area contributed by atoms with E-state index in [2.05, 4.69) is 57.9 Å². The summed E-state index contributed by atoms with van der Waals surface area (Å²) in [6.45, 7) is 4.21. The van der Waals surface area contributed by atoms with Crippen molar-refractivity contribution in [3.8, 4) is 0 Å². The van der Waals surface area contributed by atoms with Gasteiger partial charge in [0.1, 0.15) is 0 Å². The van der Waals surface area contributed by atoms with Gasteiger partial charge in [0.05, 0.1) is 6.20 Å². The molecule has 0 radical (unpaired) electrons. The lowest BCUT2D eigenvalue weighted by molar-refractivity contribution is 0.460. The van der Waals surface area contributed by atoms with Crippen molar-refractivity contribution >= 4 is 17.5 Å². The normalized spacial score (nSPS) is 15.5. The fraction of sp³-hybridized carbons (Fsp3) is 0.471. The Bertz CT molecular complexity index is 635. The van der Waals surface area contributed by atoms with Gasteiger partial charge < -0.3 is 10.6 Å². The van der Waals surface area contributed by atoms with E-state index in [1.165, 1.54) is 43.2 Å². The molecule has 1 aliphatic carbocycles. The van der Waals surface area contributed by atoms with Gasteiger partial charge in [0, 0.05) is 11.7 Å². The van der Waals surface area contributed by atoms with Crippen LogP contribution < -0.4 is 10.6 Å². The van der Waals surface area contributed by atoms with Crippen molar-refractivity contribution in [2.45, 2.75) is 52.0 Å². The highest BCUT2D eigenvalue weighted by molar-refractivity contribution is 5.58. The topological polar surface area (TPSA) is 62.7 Å². The molecular weight excluding hydrogens is 274 g/mol. The summed E-state index contributed by atoms with van der Waals surface area (Å²) in [7, 11) is 0. The third-order valence-electron chi connectivity index (χ3n) is 4.28. The molecule has 0 saturated heterocycles. The molecule has 1 aliphatic rings. The van der Waals surface area contributed by atoms with Crippen molar-refractivity contribution in [3.63, 3.8) is 0 Å². The van der Waals surface area contributed by atoms with Crippen molar-refractivity contribution in [1.29, 1.82) is 0 Å². The Balaban J connectivity index is 1.68.